The van der Waals surface area contributed by atoms with E-state index in [0.29, 0.717) is 24.1 Å². The van der Waals surface area contributed by atoms with E-state index in [1.54, 1.807) is 38.2 Å². The number of aliphatic hydroxyl groups is 1. The fourth-order valence-electron chi connectivity index (χ4n) is 1.92. The molecule has 0 radical (unpaired) electrons. The number of rotatable bonds is 4. The maximum absolute atomic E-state index is 12.2. The highest BCUT2D eigenvalue weighted by Crippen LogP contribution is 2.06. The van der Waals surface area contributed by atoms with Crippen LogP contribution in [0.25, 0.3) is 0 Å². The summed E-state index contributed by atoms with van der Waals surface area (Å²) in [5, 5.41) is 12.5. The van der Waals surface area contributed by atoms with E-state index in [9.17, 15) is 9.90 Å². The Morgan fingerprint density at radius 2 is 2.09 bits per heavy atom. The molecule has 4 heteroatoms. The molecule has 0 aliphatic heterocycles. The van der Waals surface area contributed by atoms with Crippen molar-refractivity contribution in [2.75, 3.05) is 6.54 Å². The van der Waals surface area contributed by atoms with Gasteiger partial charge in [-0.05, 0) is 44.2 Å². The molecule has 1 amide bonds. The average Bonchev–Trinajstić information content (AvgIpc) is 2.53. The summed E-state index contributed by atoms with van der Waals surface area (Å²) < 4.78 is 0. The first kappa shape index (κ1) is 16.7. The van der Waals surface area contributed by atoms with E-state index in [1.165, 1.54) is 0 Å². The van der Waals surface area contributed by atoms with Crippen molar-refractivity contribution in [3.05, 3.63) is 65.5 Å². The van der Waals surface area contributed by atoms with Gasteiger partial charge in [-0.2, -0.15) is 0 Å². The highest BCUT2D eigenvalue weighted by molar-refractivity contribution is 5.94. The summed E-state index contributed by atoms with van der Waals surface area (Å²) in [4.78, 5) is 16.4. The van der Waals surface area contributed by atoms with Gasteiger partial charge >= 0.3 is 0 Å². The molecule has 0 aliphatic carbocycles. The summed E-state index contributed by atoms with van der Waals surface area (Å²) in [7, 11) is 0. The van der Waals surface area contributed by atoms with Gasteiger partial charge in [0.25, 0.3) is 5.91 Å². The van der Waals surface area contributed by atoms with Crippen molar-refractivity contribution >= 4 is 5.91 Å². The van der Waals surface area contributed by atoms with Gasteiger partial charge in [-0.25, -0.2) is 0 Å². The Morgan fingerprint density at radius 3 is 2.78 bits per heavy atom. The topological polar surface area (TPSA) is 62.2 Å². The molecule has 1 aromatic carbocycles. The molecule has 0 atom stereocenters. The largest absolute Gasteiger partial charge is 0.378 e. The Labute approximate surface area is 136 Å². The van der Waals surface area contributed by atoms with Gasteiger partial charge < -0.3 is 10.4 Å². The van der Waals surface area contributed by atoms with Crippen LogP contribution >= 0.6 is 0 Å². The monoisotopic (exact) mass is 308 g/mol. The molecule has 0 bridgehead atoms. The van der Waals surface area contributed by atoms with Crippen LogP contribution in [-0.2, 0) is 6.42 Å². The Bertz CT molecular complexity index is 722. The van der Waals surface area contributed by atoms with Gasteiger partial charge in [0.15, 0.2) is 0 Å². The standard InChI is InChI=1S/C19H20N2O2/c1-19(2,23)11-9-15-6-5-7-16(14-15)18(22)21-13-10-17-8-3-4-12-20-17/h3-8,12,14,23H,10,13H2,1-2H3,(H,21,22). The third kappa shape index (κ3) is 5.93. The highest BCUT2D eigenvalue weighted by Gasteiger charge is 2.07. The number of nitrogens with one attached hydrogen (secondary N) is 1. The SMILES string of the molecule is CC(C)(O)C#Cc1cccc(C(=O)NCCc2ccccn2)c1. The number of amides is 1. The minimum atomic E-state index is -1.05. The summed E-state index contributed by atoms with van der Waals surface area (Å²) in [5.74, 6) is 5.46. The quantitative estimate of drug-likeness (QED) is 0.851. The number of carbonyl (C=O) groups is 1. The molecule has 2 rings (SSSR count). The predicted octanol–water partition coefficient (Wildman–Crippen LogP) is 2.18. The number of carbonyl (C=O) groups excluding carboxylic acids is 1. The van der Waals surface area contributed by atoms with Crippen molar-refractivity contribution in [2.24, 2.45) is 0 Å². The van der Waals surface area contributed by atoms with Crippen LogP contribution in [0.3, 0.4) is 0 Å². The number of nitrogens with zero attached hydrogens (tertiary/aromatic N) is 1. The highest BCUT2D eigenvalue weighted by atomic mass is 16.3. The van der Waals surface area contributed by atoms with E-state index in [0.717, 1.165) is 5.69 Å². The van der Waals surface area contributed by atoms with Crippen molar-refractivity contribution in [3.63, 3.8) is 0 Å². The van der Waals surface area contributed by atoms with Crippen LogP contribution in [-0.4, -0.2) is 28.1 Å². The minimum absolute atomic E-state index is 0.146. The number of pyridine rings is 1. The van der Waals surface area contributed by atoms with E-state index in [-0.39, 0.29) is 5.91 Å². The van der Waals surface area contributed by atoms with E-state index < -0.39 is 5.60 Å². The normalized spacial score (nSPS) is 10.6. The van der Waals surface area contributed by atoms with Crippen LogP contribution in [0.4, 0.5) is 0 Å². The summed E-state index contributed by atoms with van der Waals surface area (Å²) in [6.45, 7) is 3.76. The number of hydrogen-bond donors (Lipinski definition) is 2. The lowest BCUT2D eigenvalue weighted by Crippen LogP contribution is -2.25. The molecule has 1 heterocycles. The lowest BCUT2D eigenvalue weighted by Gasteiger charge is -2.07. The third-order valence-electron chi connectivity index (χ3n) is 3.03. The van der Waals surface area contributed by atoms with Crippen LogP contribution in [0, 0.1) is 11.8 Å². The Hall–Kier alpha value is -2.64. The number of benzene rings is 1. The van der Waals surface area contributed by atoms with Gasteiger partial charge in [-0.1, -0.05) is 24.0 Å². The summed E-state index contributed by atoms with van der Waals surface area (Å²) in [6.07, 6.45) is 2.42. The fraction of sp³-hybridized carbons (Fsp3) is 0.263. The molecular formula is C19H20N2O2. The Kier molecular flexibility index (Phi) is 5.51. The summed E-state index contributed by atoms with van der Waals surface area (Å²) >= 11 is 0. The fourth-order valence-corrected chi connectivity index (χ4v) is 1.92. The zero-order valence-electron chi connectivity index (χ0n) is 13.3. The minimum Gasteiger partial charge on any atom is -0.378 e. The smallest absolute Gasteiger partial charge is 0.251 e. The Morgan fingerprint density at radius 1 is 1.26 bits per heavy atom. The lowest BCUT2D eigenvalue weighted by atomic mass is 10.1. The molecule has 0 saturated carbocycles. The first-order chi connectivity index (χ1) is 10.9. The molecule has 1 aromatic heterocycles. The van der Waals surface area contributed by atoms with Crippen molar-refractivity contribution in [1.82, 2.24) is 10.3 Å². The first-order valence-corrected chi connectivity index (χ1v) is 7.48. The van der Waals surface area contributed by atoms with Gasteiger partial charge in [0.05, 0.1) is 0 Å². The van der Waals surface area contributed by atoms with E-state index in [2.05, 4.69) is 22.1 Å². The molecule has 2 N–H and O–H groups in total. The molecule has 118 valence electrons. The lowest BCUT2D eigenvalue weighted by molar-refractivity contribution is 0.0954. The van der Waals surface area contributed by atoms with Crippen LogP contribution in [0.2, 0.25) is 0 Å². The molecule has 0 spiro atoms. The zero-order chi connectivity index (χ0) is 16.7. The molecule has 0 unspecified atom stereocenters. The second-order valence-corrected chi connectivity index (χ2v) is 5.72. The van der Waals surface area contributed by atoms with Crippen LogP contribution in [0.15, 0.2) is 48.7 Å². The van der Waals surface area contributed by atoms with Gasteiger partial charge in [0, 0.05) is 36.0 Å². The third-order valence-corrected chi connectivity index (χ3v) is 3.03. The van der Waals surface area contributed by atoms with E-state index in [4.69, 9.17) is 0 Å². The molecule has 23 heavy (non-hydrogen) atoms. The molecule has 4 nitrogen and oxygen atoms in total. The van der Waals surface area contributed by atoms with E-state index in [1.807, 2.05) is 24.3 Å². The van der Waals surface area contributed by atoms with Crippen LogP contribution < -0.4 is 5.32 Å². The first-order valence-electron chi connectivity index (χ1n) is 7.48. The van der Waals surface area contributed by atoms with Gasteiger partial charge in [0.2, 0.25) is 0 Å². The second kappa shape index (κ2) is 7.57. The number of aromatic nitrogens is 1. The van der Waals surface area contributed by atoms with Crippen molar-refractivity contribution < 1.29 is 9.90 Å². The number of hydrogen-bond acceptors (Lipinski definition) is 3. The maximum Gasteiger partial charge on any atom is 0.251 e. The zero-order valence-corrected chi connectivity index (χ0v) is 13.3. The summed E-state index contributed by atoms with van der Waals surface area (Å²) in [5.41, 5.74) is 1.14. The summed E-state index contributed by atoms with van der Waals surface area (Å²) in [6, 6.07) is 12.8. The molecular weight excluding hydrogens is 288 g/mol. The van der Waals surface area contributed by atoms with Crippen molar-refractivity contribution in [3.8, 4) is 11.8 Å². The molecule has 0 fully saturated rings. The van der Waals surface area contributed by atoms with Gasteiger partial charge in [0.1, 0.15) is 5.60 Å². The second-order valence-electron chi connectivity index (χ2n) is 5.72. The maximum atomic E-state index is 12.2. The molecule has 2 aromatic rings. The van der Waals surface area contributed by atoms with Gasteiger partial charge in [-0.3, -0.25) is 9.78 Å². The molecule has 0 saturated heterocycles. The Balaban J connectivity index is 1.95. The average molecular weight is 308 g/mol. The van der Waals surface area contributed by atoms with E-state index >= 15 is 0 Å². The van der Waals surface area contributed by atoms with Crippen molar-refractivity contribution in [1.29, 1.82) is 0 Å². The van der Waals surface area contributed by atoms with Gasteiger partial charge in [-0.15, -0.1) is 0 Å². The predicted molar refractivity (Wildman–Crippen MR) is 89.9 cm³/mol. The van der Waals surface area contributed by atoms with Crippen LogP contribution in [0.5, 0.6) is 0 Å². The van der Waals surface area contributed by atoms with Crippen molar-refractivity contribution in [2.45, 2.75) is 25.9 Å². The molecule has 0 aliphatic rings. The van der Waals surface area contributed by atoms with Crippen LogP contribution in [0.1, 0.15) is 35.5 Å².